The number of nitrogens with zero attached hydrogens (tertiary/aromatic N) is 2. The molecule has 7 nitrogen and oxygen atoms in total. The van der Waals surface area contributed by atoms with Gasteiger partial charge in [-0.1, -0.05) is 48.0 Å². The average Bonchev–Trinajstić information content (AvgIpc) is 3.17. The van der Waals surface area contributed by atoms with Crippen LogP contribution in [0, 0.1) is 6.92 Å². The van der Waals surface area contributed by atoms with E-state index in [1.54, 1.807) is 0 Å². The van der Waals surface area contributed by atoms with Gasteiger partial charge in [0.15, 0.2) is 5.65 Å². The van der Waals surface area contributed by atoms with Gasteiger partial charge >= 0.3 is 0 Å². The average molecular weight is 387 g/mol. The summed E-state index contributed by atoms with van der Waals surface area (Å²) in [6.45, 7) is 2.54. The van der Waals surface area contributed by atoms with E-state index in [0.29, 0.717) is 23.4 Å². The van der Waals surface area contributed by atoms with E-state index in [1.807, 2.05) is 49.4 Å². The first-order chi connectivity index (χ1) is 14.1. The minimum atomic E-state index is -0.308. The standard InChI is InChI=1S/C22H21N5O2/c1-15-7-9-16(10-8-15)11-12-23-21(28)18-13-25-27-20(18)24-14-19(22(27)29)26-17-5-3-2-4-6-17/h2-10,13-14,25-26H,11-12H2,1H3,(H,23,28). The second-order valence-electron chi connectivity index (χ2n) is 6.81. The van der Waals surface area contributed by atoms with Gasteiger partial charge in [0.1, 0.15) is 11.3 Å². The Morgan fingerprint density at radius 2 is 1.86 bits per heavy atom. The van der Waals surface area contributed by atoms with Crippen LogP contribution >= 0.6 is 0 Å². The van der Waals surface area contributed by atoms with Gasteiger partial charge in [-0.3, -0.25) is 14.7 Å². The van der Waals surface area contributed by atoms with Crippen LogP contribution < -0.4 is 16.2 Å². The van der Waals surface area contributed by atoms with Gasteiger partial charge in [0, 0.05) is 18.4 Å². The molecule has 3 N–H and O–H groups in total. The SMILES string of the molecule is Cc1ccc(CCNC(=O)c2c[nH]n3c(=O)c(Nc4ccccc4)cnc23)cc1. The summed E-state index contributed by atoms with van der Waals surface area (Å²) in [7, 11) is 0. The number of rotatable bonds is 6. The van der Waals surface area contributed by atoms with Gasteiger partial charge in [0.2, 0.25) is 0 Å². The van der Waals surface area contributed by atoms with Crippen molar-refractivity contribution >= 4 is 22.9 Å². The largest absolute Gasteiger partial charge is 0.352 e. The van der Waals surface area contributed by atoms with E-state index >= 15 is 0 Å². The Morgan fingerprint density at radius 3 is 2.62 bits per heavy atom. The highest BCUT2D eigenvalue weighted by Gasteiger charge is 2.15. The first kappa shape index (κ1) is 18.5. The van der Waals surface area contributed by atoms with E-state index in [2.05, 4.69) is 32.8 Å². The smallest absolute Gasteiger partial charge is 0.296 e. The van der Waals surface area contributed by atoms with Gasteiger partial charge in [-0.2, -0.15) is 4.52 Å². The van der Waals surface area contributed by atoms with Gasteiger partial charge in [0.25, 0.3) is 11.5 Å². The zero-order valence-corrected chi connectivity index (χ0v) is 16.0. The number of fused-ring (bicyclic) bond motifs is 1. The molecule has 0 saturated heterocycles. The Morgan fingerprint density at radius 1 is 1.10 bits per heavy atom. The van der Waals surface area contributed by atoms with Crippen molar-refractivity contribution in [2.75, 3.05) is 11.9 Å². The van der Waals surface area contributed by atoms with Gasteiger partial charge < -0.3 is 10.6 Å². The van der Waals surface area contributed by atoms with Crippen molar-refractivity contribution in [3.63, 3.8) is 0 Å². The Kier molecular flexibility index (Phi) is 5.11. The number of carbonyl (C=O) groups is 1. The normalized spacial score (nSPS) is 10.8. The molecule has 0 aliphatic carbocycles. The van der Waals surface area contributed by atoms with E-state index in [-0.39, 0.29) is 11.5 Å². The molecule has 1 amide bonds. The number of aromatic amines is 1. The van der Waals surface area contributed by atoms with Gasteiger partial charge in [-0.05, 0) is 31.0 Å². The number of nitrogens with one attached hydrogen (secondary N) is 3. The van der Waals surface area contributed by atoms with Crippen molar-refractivity contribution < 1.29 is 4.79 Å². The van der Waals surface area contributed by atoms with Crippen LogP contribution in [0.1, 0.15) is 21.5 Å². The van der Waals surface area contributed by atoms with Crippen molar-refractivity contribution in [1.29, 1.82) is 0 Å². The van der Waals surface area contributed by atoms with Crippen LogP contribution in [0.5, 0.6) is 0 Å². The predicted molar refractivity (Wildman–Crippen MR) is 113 cm³/mol. The minimum absolute atomic E-state index is 0.272. The molecule has 2 heterocycles. The van der Waals surface area contributed by atoms with Crippen molar-refractivity contribution in [2.45, 2.75) is 13.3 Å². The summed E-state index contributed by atoms with van der Waals surface area (Å²) in [6.07, 6.45) is 3.67. The first-order valence-electron chi connectivity index (χ1n) is 9.37. The summed E-state index contributed by atoms with van der Waals surface area (Å²) in [4.78, 5) is 29.5. The number of anilines is 2. The summed E-state index contributed by atoms with van der Waals surface area (Å²) >= 11 is 0. The number of aryl methyl sites for hydroxylation is 1. The molecule has 0 bridgehead atoms. The van der Waals surface area contributed by atoms with Gasteiger partial charge in [0.05, 0.1) is 6.20 Å². The maximum absolute atomic E-state index is 12.7. The van der Waals surface area contributed by atoms with Crippen LogP contribution in [0.15, 0.2) is 71.8 Å². The third kappa shape index (κ3) is 4.03. The maximum atomic E-state index is 12.7. The Bertz CT molecular complexity index is 1190. The number of benzene rings is 2. The number of para-hydroxylation sites is 1. The van der Waals surface area contributed by atoms with E-state index in [4.69, 9.17) is 0 Å². The molecule has 0 atom stereocenters. The third-order valence-electron chi connectivity index (χ3n) is 4.66. The molecular weight excluding hydrogens is 366 g/mol. The van der Waals surface area contributed by atoms with E-state index in [1.165, 1.54) is 22.5 Å². The van der Waals surface area contributed by atoms with Crippen molar-refractivity contribution in [1.82, 2.24) is 19.9 Å². The number of hydrogen-bond donors (Lipinski definition) is 3. The van der Waals surface area contributed by atoms with Crippen LogP contribution in [0.3, 0.4) is 0 Å². The number of hydrogen-bond acceptors (Lipinski definition) is 4. The zero-order chi connectivity index (χ0) is 20.2. The summed E-state index contributed by atoms with van der Waals surface area (Å²) in [5.74, 6) is -0.272. The maximum Gasteiger partial charge on any atom is 0.296 e. The summed E-state index contributed by atoms with van der Waals surface area (Å²) in [5.41, 5.74) is 3.78. The first-order valence-corrected chi connectivity index (χ1v) is 9.37. The molecule has 4 aromatic rings. The molecule has 0 spiro atoms. The molecule has 0 aliphatic rings. The lowest BCUT2D eigenvalue weighted by molar-refractivity contribution is 0.0955. The monoisotopic (exact) mass is 387 g/mol. The summed E-state index contributed by atoms with van der Waals surface area (Å²) in [5, 5.41) is 8.75. The van der Waals surface area contributed by atoms with E-state index in [0.717, 1.165) is 17.7 Å². The van der Waals surface area contributed by atoms with Crippen LogP contribution in [-0.4, -0.2) is 27.0 Å². The molecule has 0 saturated carbocycles. The fraction of sp³-hybridized carbons (Fsp3) is 0.136. The Hall–Kier alpha value is -3.87. The molecule has 7 heteroatoms. The molecule has 0 unspecified atom stereocenters. The lowest BCUT2D eigenvalue weighted by atomic mass is 10.1. The Labute approximate surface area is 167 Å². The molecule has 2 aromatic carbocycles. The lowest BCUT2D eigenvalue weighted by Gasteiger charge is -2.06. The topological polar surface area (TPSA) is 91.3 Å². The van der Waals surface area contributed by atoms with Crippen LogP contribution in [-0.2, 0) is 6.42 Å². The molecule has 29 heavy (non-hydrogen) atoms. The second kappa shape index (κ2) is 8.02. The molecule has 146 valence electrons. The number of aromatic nitrogens is 3. The Balaban J connectivity index is 1.48. The zero-order valence-electron chi connectivity index (χ0n) is 16.0. The molecule has 0 radical (unpaired) electrons. The number of H-pyrrole nitrogens is 1. The van der Waals surface area contributed by atoms with Crippen molar-refractivity contribution in [3.05, 3.63) is 94.0 Å². The third-order valence-corrected chi connectivity index (χ3v) is 4.66. The predicted octanol–water partition coefficient (Wildman–Crippen LogP) is 3.05. The minimum Gasteiger partial charge on any atom is -0.352 e. The summed E-state index contributed by atoms with van der Waals surface area (Å²) < 4.78 is 1.26. The number of carbonyl (C=O) groups excluding carboxylic acids is 1. The quantitative estimate of drug-likeness (QED) is 0.474. The van der Waals surface area contributed by atoms with Crippen molar-refractivity contribution in [3.8, 4) is 0 Å². The fourth-order valence-corrected chi connectivity index (χ4v) is 3.06. The van der Waals surface area contributed by atoms with Crippen LogP contribution in [0.2, 0.25) is 0 Å². The molecular formula is C22H21N5O2. The van der Waals surface area contributed by atoms with E-state index in [9.17, 15) is 9.59 Å². The highest BCUT2D eigenvalue weighted by molar-refractivity contribution is 5.99. The second-order valence-corrected chi connectivity index (χ2v) is 6.81. The molecule has 0 aliphatic heterocycles. The highest BCUT2D eigenvalue weighted by atomic mass is 16.2. The van der Waals surface area contributed by atoms with Gasteiger partial charge in [-0.15, -0.1) is 0 Å². The van der Waals surface area contributed by atoms with E-state index < -0.39 is 0 Å². The van der Waals surface area contributed by atoms with Crippen molar-refractivity contribution in [2.24, 2.45) is 0 Å². The highest BCUT2D eigenvalue weighted by Crippen LogP contribution is 2.13. The lowest BCUT2D eigenvalue weighted by Crippen LogP contribution is -2.26. The molecule has 4 rings (SSSR count). The van der Waals surface area contributed by atoms with Gasteiger partial charge in [-0.25, -0.2) is 4.98 Å². The van der Waals surface area contributed by atoms with Crippen LogP contribution in [0.25, 0.3) is 5.65 Å². The molecule has 2 aromatic heterocycles. The number of amides is 1. The van der Waals surface area contributed by atoms with Crippen LogP contribution in [0.4, 0.5) is 11.4 Å². The fourth-order valence-electron chi connectivity index (χ4n) is 3.06. The summed E-state index contributed by atoms with van der Waals surface area (Å²) in [6, 6.07) is 17.6. The molecule has 0 fully saturated rings.